The van der Waals surface area contributed by atoms with E-state index < -0.39 is 5.97 Å². The smallest absolute Gasteiger partial charge is 0.350 e. The van der Waals surface area contributed by atoms with Crippen LogP contribution in [0.15, 0.2) is 48.0 Å². The largest absolute Gasteiger partial charge is 0.465 e. The van der Waals surface area contributed by atoms with Crippen molar-refractivity contribution in [2.75, 3.05) is 12.4 Å². The van der Waals surface area contributed by atoms with Gasteiger partial charge in [0, 0.05) is 11.8 Å². The Morgan fingerprint density at radius 2 is 1.90 bits per heavy atom. The number of methoxy groups -OCH3 is 1. The van der Waals surface area contributed by atoms with Gasteiger partial charge in [0.05, 0.1) is 12.8 Å². The lowest BCUT2D eigenvalue weighted by Crippen LogP contribution is -2.03. The van der Waals surface area contributed by atoms with E-state index in [1.807, 2.05) is 30.3 Å². The highest BCUT2D eigenvalue weighted by Gasteiger charge is 2.13. The van der Waals surface area contributed by atoms with Crippen molar-refractivity contribution in [3.05, 3.63) is 58.4 Å². The summed E-state index contributed by atoms with van der Waals surface area (Å²) in [4.78, 5) is 23.9. The Hall–Kier alpha value is -2.40. The Morgan fingerprint density at radius 1 is 1.19 bits per heavy atom. The maximum absolute atomic E-state index is 11.8. The normalized spacial score (nSPS) is 11.0. The Balaban J connectivity index is 2.28. The second kappa shape index (κ2) is 6.85. The lowest BCUT2D eigenvalue weighted by Gasteiger charge is -2.06. The Kier molecular flexibility index (Phi) is 4.90. The molecule has 2 aromatic rings. The van der Waals surface area contributed by atoms with Crippen molar-refractivity contribution in [2.45, 2.75) is 6.92 Å². The number of Topliss-reactive ketones (excluding diaryl/α,β-unsaturated/α-hetero) is 1. The number of benzene rings is 1. The van der Waals surface area contributed by atoms with Crippen LogP contribution < -0.4 is 5.32 Å². The van der Waals surface area contributed by atoms with E-state index in [1.54, 1.807) is 17.6 Å². The monoisotopic (exact) mass is 301 g/mol. The van der Waals surface area contributed by atoms with Gasteiger partial charge in [-0.05, 0) is 23.9 Å². The van der Waals surface area contributed by atoms with Gasteiger partial charge in [0.1, 0.15) is 4.88 Å². The summed E-state index contributed by atoms with van der Waals surface area (Å²) >= 11 is 1.29. The number of rotatable bonds is 5. The molecule has 1 heterocycles. The van der Waals surface area contributed by atoms with Crippen molar-refractivity contribution in [3.8, 4) is 0 Å². The number of carbonyl (C=O) groups is 2. The van der Waals surface area contributed by atoms with Gasteiger partial charge in [0.15, 0.2) is 5.78 Å². The molecular formula is C16H15NO3S. The SMILES string of the molecule is COC(=O)c1sccc1N/C=C(\C(C)=O)c1ccccc1. The second-order valence-corrected chi connectivity index (χ2v) is 5.20. The van der Waals surface area contributed by atoms with E-state index >= 15 is 0 Å². The van der Waals surface area contributed by atoms with Crippen LogP contribution in [0.1, 0.15) is 22.2 Å². The predicted molar refractivity (Wildman–Crippen MR) is 84.4 cm³/mol. The van der Waals surface area contributed by atoms with Crippen molar-refractivity contribution < 1.29 is 14.3 Å². The first-order valence-electron chi connectivity index (χ1n) is 6.32. The fraction of sp³-hybridized carbons (Fsp3) is 0.125. The molecule has 5 heteroatoms. The van der Waals surface area contributed by atoms with Crippen LogP contribution in [0.4, 0.5) is 5.69 Å². The summed E-state index contributed by atoms with van der Waals surface area (Å²) in [5.74, 6) is -0.450. The number of allylic oxidation sites excluding steroid dienone is 1. The summed E-state index contributed by atoms with van der Waals surface area (Å²) < 4.78 is 4.72. The molecule has 0 fully saturated rings. The van der Waals surface area contributed by atoms with Crippen LogP contribution in [-0.2, 0) is 9.53 Å². The van der Waals surface area contributed by atoms with Crippen LogP contribution in [-0.4, -0.2) is 18.9 Å². The van der Waals surface area contributed by atoms with Gasteiger partial charge in [-0.2, -0.15) is 0 Å². The summed E-state index contributed by atoms with van der Waals surface area (Å²) in [5.41, 5.74) is 2.01. The Bertz CT molecular complexity index is 674. The molecule has 0 bridgehead atoms. The molecule has 0 saturated carbocycles. The third-order valence-electron chi connectivity index (χ3n) is 2.87. The number of carbonyl (C=O) groups excluding carboxylic acids is 2. The zero-order valence-corrected chi connectivity index (χ0v) is 12.6. The van der Waals surface area contributed by atoms with Crippen LogP contribution in [0.5, 0.6) is 0 Å². The van der Waals surface area contributed by atoms with Crippen molar-refractivity contribution in [1.82, 2.24) is 0 Å². The standard InChI is InChI=1S/C16H15NO3S/c1-11(18)13(12-6-4-3-5-7-12)10-17-14-8-9-21-15(14)16(19)20-2/h3-10,17H,1-2H3/b13-10+. The number of nitrogens with one attached hydrogen (secondary N) is 1. The van der Waals surface area contributed by atoms with E-state index in [-0.39, 0.29) is 5.78 Å². The molecule has 0 spiro atoms. The molecule has 1 N–H and O–H groups in total. The molecule has 1 aromatic carbocycles. The molecule has 108 valence electrons. The zero-order valence-electron chi connectivity index (χ0n) is 11.8. The molecule has 2 rings (SSSR count). The average Bonchev–Trinajstić information content (AvgIpc) is 2.96. The lowest BCUT2D eigenvalue weighted by molar-refractivity contribution is -0.111. The van der Waals surface area contributed by atoms with Gasteiger partial charge in [-0.25, -0.2) is 4.79 Å². The average molecular weight is 301 g/mol. The number of hydrogen-bond donors (Lipinski definition) is 1. The molecule has 0 radical (unpaired) electrons. The van der Waals surface area contributed by atoms with Crippen LogP contribution >= 0.6 is 11.3 Å². The second-order valence-electron chi connectivity index (χ2n) is 4.28. The summed E-state index contributed by atoms with van der Waals surface area (Å²) in [7, 11) is 1.34. The van der Waals surface area contributed by atoms with Crippen LogP contribution in [0.2, 0.25) is 0 Å². The Labute approximate surface area is 127 Å². The van der Waals surface area contributed by atoms with E-state index in [4.69, 9.17) is 4.74 Å². The molecule has 1 aromatic heterocycles. The van der Waals surface area contributed by atoms with E-state index in [2.05, 4.69) is 5.32 Å². The first kappa shape index (κ1) is 15.0. The third kappa shape index (κ3) is 3.58. The molecule has 0 saturated heterocycles. The number of ether oxygens (including phenoxy) is 1. The van der Waals surface area contributed by atoms with Crippen LogP contribution in [0.25, 0.3) is 5.57 Å². The van der Waals surface area contributed by atoms with Gasteiger partial charge in [-0.3, -0.25) is 4.79 Å². The van der Waals surface area contributed by atoms with Gasteiger partial charge < -0.3 is 10.1 Å². The minimum Gasteiger partial charge on any atom is -0.465 e. The van der Waals surface area contributed by atoms with Gasteiger partial charge in [-0.1, -0.05) is 30.3 Å². The van der Waals surface area contributed by atoms with Crippen molar-refractivity contribution in [2.24, 2.45) is 0 Å². The number of ketones is 1. The van der Waals surface area contributed by atoms with Gasteiger partial charge in [-0.15, -0.1) is 11.3 Å². The van der Waals surface area contributed by atoms with E-state index in [9.17, 15) is 9.59 Å². The van der Waals surface area contributed by atoms with Gasteiger partial charge in [0.25, 0.3) is 0 Å². The highest BCUT2D eigenvalue weighted by molar-refractivity contribution is 7.12. The lowest BCUT2D eigenvalue weighted by atomic mass is 10.0. The highest BCUT2D eigenvalue weighted by atomic mass is 32.1. The summed E-state index contributed by atoms with van der Waals surface area (Å²) in [6.45, 7) is 1.51. The minimum atomic E-state index is -0.398. The van der Waals surface area contributed by atoms with Gasteiger partial charge in [0.2, 0.25) is 0 Å². The molecular weight excluding hydrogens is 286 g/mol. The predicted octanol–water partition coefficient (Wildman–Crippen LogP) is 3.58. The molecule has 0 aliphatic heterocycles. The molecule has 0 atom stereocenters. The first-order valence-corrected chi connectivity index (χ1v) is 7.20. The van der Waals surface area contributed by atoms with E-state index in [1.165, 1.54) is 25.4 Å². The number of hydrogen-bond acceptors (Lipinski definition) is 5. The van der Waals surface area contributed by atoms with Crippen molar-refractivity contribution in [3.63, 3.8) is 0 Å². The minimum absolute atomic E-state index is 0.0523. The summed E-state index contributed by atoms with van der Waals surface area (Å²) in [6.07, 6.45) is 1.62. The number of anilines is 1. The van der Waals surface area contributed by atoms with E-state index in [0.717, 1.165) is 5.56 Å². The number of thiophene rings is 1. The summed E-state index contributed by atoms with van der Waals surface area (Å²) in [6, 6.07) is 11.1. The van der Waals surface area contributed by atoms with E-state index in [0.29, 0.717) is 16.1 Å². The maximum Gasteiger partial charge on any atom is 0.350 e. The molecule has 0 amide bonds. The molecule has 21 heavy (non-hydrogen) atoms. The van der Waals surface area contributed by atoms with Crippen LogP contribution in [0.3, 0.4) is 0 Å². The molecule has 4 nitrogen and oxygen atoms in total. The Morgan fingerprint density at radius 3 is 2.52 bits per heavy atom. The maximum atomic E-state index is 11.8. The summed E-state index contributed by atoms with van der Waals surface area (Å²) in [5, 5.41) is 4.81. The van der Waals surface area contributed by atoms with Crippen molar-refractivity contribution in [1.29, 1.82) is 0 Å². The van der Waals surface area contributed by atoms with Gasteiger partial charge >= 0.3 is 5.97 Å². The highest BCUT2D eigenvalue weighted by Crippen LogP contribution is 2.24. The van der Waals surface area contributed by atoms with Crippen molar-refractivity contribution >= 4 is 34.3 Å². The zero-order chi connectivity index (χ0) is 15.2. The molecule has 0 unspecified atom stereocenters. The first-order chi connectivity index (χ1) is 10.1. The molecule has 0 aliphatic rings. The molecule has 0 aliphatic carbocycles. The third-order valence-corrected chi connectivity index (χ3v) is 3.77. The number of esters is 1. The van der Waals surface area contributed by atoms with Crippen LogP contribution in [0, 0.1) is 0 Å². The topological polar surface area (TPSA) is 55.4 Å². The fourth-order valence-electron chi connectivity index (χ4n) is 1.83. The fourth-order valence-corrected chi connectivity index (χ4v) is 2.60. The quantitative estimate of drug-likeness (QED) is 0.677.